The van der Waals surface area contributed by atoms with Crippen molar-refractivity contribution in [1.29, 1.82) is 0 Å². The van der Waals surface area contributed by atoms with E-state index in [0.717, 1.165) is 96.3 Å². The molecule has 0 aromatic heterocycles. The zero-order chi connectivity index (χ0) is 54.3. The molecule has 0 bridgehead atoms. The van der Waals surface area contributed by atoms with Gasteiger partial charge < -0.3 is 14.2 Å². The first-order valence-corrected chi connectivity index (χ1v) is 32.8. The molecule has 0 saturated carbocycles. The molecule has 0 aliphatic rings. The van der Waals surface area contributed by atoms with Gasteiger partial charge in [-0.3, -0.25) is 14.4 Å². The maximum Gasteiger partial charge on any atom is 0.306 e. The highest BCUT2D eigenvalue weighted by molar-refractivity contribution is 5.71. The van der Waals surface area contributed by atoms with Crippen LogP contribution in [0.2, 0.25) is 0 Å². The van der Waals surface area contributed by atoms with E-state index in [1.54, 1.807) is 0 Å². The van der Waals surface area contributed by atoms with Crippen LogP contribution in [0, 0.1) is 0 Å². The number of carbonyl (C=O) groups is 3. The van der Waals surface area contributed by atoms with Gasteiger partial charge in [-0.2, -0.15) is 0 Å². The lowest BCUT2D eigenvalue weighted by molar-refractivity contribution is -0.167. The van der Waals surface area contributed by atoms with Crippen molar-refractivity contribution in [2.45, 2.75) is 348 Å². The third kappa shape index (κ3) is 61.8. The molecule has 0 fully saturated rings. The van der Waals surface area contributed by atoms with Crippen molar-refractivity contribution in [1.82, 2.24) is 0 Å². The number of rotatable bonds is 60. The summed E-state index contributed by atoms with van der Waals surface area (Å²) in [6, 6.07) is 0. The summed E-state index contributed by atoms with van der Waals surface area (Å²) < 4.78 is 16.8. The van der Waals surface area contributed by atoms with Crippen molar-refractivity contribution in [2.24, 2.45) is 0 Å². The average molecular weight is 1050 g/mol. The molecule has 0 rings (SSSR count). The minimum atomic E-state index is -0.767. The lowest BCUT2D eigenvalue weighted by Gasteiger charge is -2.18. The van der Waals surface area contributed by atoms with Crippen molar-refractivity contribution >= 4 is 17.9 Å². The second-order valence-corrected chi connectivity index (χ2v) is 22.0. The number of allylic oxidation sites excluding steroid dienone is 10. The van der Waals surface area contributed by atoms with Crippen LogP contribution in [0.3, 0.4) is 0 Å². The van der Waals surface area contributed by atoms with Crippen molar-refractivity contribution in [2.75, 3.05) is 13.2 Å². The molecule has 0 N–H and O–H groups in total. The van der Waals surface area contributed by atoms with Gasteiger partial charge in [0.2, 0.25) is 0 Å². The van der Waals surface area contributed by atoms with E-state index in [1.165, 1.54) is 205 Å². The Balaban J connectivity index is 3.96. The van der Waals surface area contributed by atoms with Crippen LogP contribution in [0.25, 0.3) is 0 Å². The molecule has 0 saturated heterocycles. The predicted octanol–water partition coefficient (Wildman–Crippen LogP) is 22.3. The van der Waals surface area contributed by atoms with Crippen LogP contribution in [-0.4, -0.2) is 37.2 Å². The highest BCUT2D eigenvalue weighted by Gasteiger charge is 2.19. The molecule has 0 amide bonds. The minimum Gasteiger partial charge on any atom is -0.462 e. The van der Waals surface area contributed by atoms with Gasteiger partial charge in [0.1, 0.15) is 13.2 Å². The van der Waals surface area contributed by atoms with Crippen molar-refractivity contribution < 1.29 is 28.6 Å². The highest BCUT2D eigenvalue weighted by atomic mass is 16.6. The predicted molar refractivity (Wildman–Crippen MR) is 325 cm³/mol. The van der Waals surface area contributed by atoms with Crippen LogP contribution in [0.5, 0.6) is 0 Å². The molecule has 75 heavy (non-hydrogen) atoms. The molecule has 0 aromatic carbocycles. The van der Waals surface area contributed by atoms with Crippen LogP contribution in [0.15, 0.2) is 60.8 Å². The van der Waals surface area contributed by atoms with Crippen LogP contribution < -0.4 is 0 Å². The first kappa shape index (κ1) is 72.1. The number of unbranched alkanes of at least 4 members (excludes halogenated alkanes) is 39. The molecule has 1 unspecified atom stereocenters. The monoisotopic (exact) mass is 1050 g/mol. The molecular formula is C69H124O6. The summed E-state index contributed by atoms with van der Waals surface area (Å²) in [6.07, 6.45) is 81.5. The third-order valence-electron chi connectivity index (χ3n) is 14.5. The Labute approximate surface area is 466 Å². The second kappa shape index (κ2) is 63.6. The van der Waals surface area contributed by atoms with Gasteiger partial charge in [-0.15, -0.1) is 0 Å². The number of hydrogen-bond acceptors (Lipinski definition) is 6. The minimum absolute atomic E-state index is 0.0694. The van der Waals surface area contributed by atoms with E-state index >= 15 is 0 Å². The second-order valence-electron chi connectivity index (χ2n) is 22.0. The number of esters is 3. The summed E-state index contributed by atoms with van der Waals surface area (Å²) in [6.45, 7) is 6.49. The summed E-state index contributed by atoms with van der Waals surface area (Å²) in [5, 5.41) is 0. The zero-order valence-corrected chi connectivity index (χ0v) is 50.1. The van der Waals surface area contributed by atoms with Gasteiger partial charge in [0.25, 0.3) is 0 Å². The van der Waals surface area contributed by atoms with E-state index in [4.69, 9.17) is 14.2 Å². The van der Waals surface area contributed by atoms with Gasteiger partial charge in [0, 0.05) is 19.3 Å². The molecule has 6 heteroatoms. The van der Waals surface area contributed by atoms with E-state index in [1.807, 2.05) is 0 Å². The molecule has 1 atom stereocenters. The van der Waals surface area contributed by atoms with Crippen molar-refractivity contribution in [3.63, 3.8) is 0 Å². The standard InChI is InChI=1S/C69H124O6/c1-4-7-10-13-15-17-19-21-23-25-27-29-30-31-32-33-34-35-36-37-38-40-41-43-45-47-49-51-53-56-59-62-68(71)74-65-66(64-73-67(70)61-58-55-12-9-6-3)75-69(72)63-60-57-54-52-50-48-46-44-42-39-28-26-24-22-20-18-16-14-11-8-5-2/h7,10,15,17,21,23,27,29,31-32,66H,4-6,8-9,11-14,16,18-20,22,24-26,28,30,33-65H2,1-3H3/b10-7-,17-15-,23-21-,29-27-,32-31-. The summed E-state index contributed by atoms with van der Waals surface area (Å²) in [7, 11) is 0. The quantitative estimate of drug-likeness (QED) is 0.0261. The van der Waals surface area contributed by atoms with E-state index in [2.05, 4.69) is 81.5 Å². The van der Waals surface area contributed by atoms with Crippen LogP contribution in [0.4, 0.5) is 0 Å². The van der Waals surface area contributed by atoms with E-state index < -0.39 is 6.10 Å². The topological polar surface area (TPSA) is 78.9 Å². The van der Waals surface area contributed by atoms with Gasteiger partial charge in [0.15, 0.2) is 6.10 Å². The normalized spacial score (nSPS) is 12.4. The molecule has 436 valence electrons. The maximum atomic E-state index is 12.8. The molecule has 0 aromatic rings. The van der Waals surface area contributed by atoms with E-state index in [9.17, 15) is 14.4 Å². The van der Waals surface area contributed by atoms with Gasteiger partial charge in [-0.05, 0) is 64.2 Å². The first-order valence-electron chi connectivity index (χ1n) is 32.8. The number of hydrogen-bond donors (Lipinski definition) is 0. The third-order valence-corrected chi connectivity index (χ3v) is 14.5. The largest absolute Gasteiger partial charge is 0.462 e. The van der Waals surface area contributed by atoms with Crippen molar-refractivity contribution in [3.8, 4) is 0 Å². The Morgan fingerprint density at radius 3 is 0.813 bits per heavy atom. The van der Waals surface area contributed by atoms with E-state index in [0.29, 0.717) is 19.3 Å². The molecule has 0 aliphatic carbocycles. The Morgan fingerprint density at radius 1 is 0.280 bits per heavy atom. The number of carbonyl (C=O) groups excluding carboxylic acids is 3. The number of ether oxygens (including phenoxy) is 3. The Hall–Kier alpha value is -2.89. The smallest absolute Gasteiger partial charge is 0.306 e. The maximum absolute atomic E-state index is 12.8. The lowest BCUT2D eigenvalue weighted by Crippen LogP contribution is -2.30. The summed E-state index contributed by atoms with van der Waals surface area (Å²) in [5.74, 6) is -0.864. The summed E-state index contributed by atoms with van der Waals surface area (Å²) in [5.41, 5.74) is 0. The highest BCUT2D eigenvalue weighted by Crippen LogP contribution is 2.18. The Kier molecular flexibility index (Phi) is 61.2. The van der Waals surface area contributed by atoms with Crippen molar-refractivity contribution in [3.05, 3.63) is 60.8 Å². The summed E-state index contributed by atoms with van der Waals surface area (Å²) in [4.78, 5) is 37.9. The van der Waals surface area contributed by atoms with Gasteiger partial charge >= 0.3 is 17.9 Å². The van der Waals surface area contributed by atoms with Crippen LogP contribution in [-0.2, 0) is 28.6 Å². The fourth-order valence-corrected chi connectivity index (χ4v) is 9.65. The molecule has 0 radical (unpaired) electrons. The van der Waals surface area contributed by atoms with Crippen LogP contribution in [0.1, 0.15) is 342 Å². The first-order chi connectivity index (χ1) is 37.0. The molecule has 0 aliphatic heterocycles. The molecule has 0 spiro atoms. The Morgan fingerprint density at radius 2 is 0.520 bits per heavy atom. The van der Waals surface area contributed by atoms with E-state index in [-0.39, 0.29) is 31.1 Å². The van der Waals surface area contributed by atoms with Crippen LogP contribution >= 0.6 is 0 Å². The lowest BCUT2D eigenvalue weighted by atomic mass is 10.0. The molecule has 0 heterocycles. The average Bonchev–Trinajstić information content (AvgIpc) is 3.41. The Bertz CT molecular complexity index is 1340. The van der Waals surface area contributed by atoms with Gasteiger partial charge in [-0.25, -0.2) is 0 Å². The van der Waals surface area contributed by atoms with Gasteiger partial charge in [-0.1, -0.05) is 319 Å². The zero-order valence-electron chi connectivity index (χ0n) is 50.1. The van der Waals surface area contributed by atoms with Gasteiger partial charge in [0.05, 0.1) is 0 Å². The summed E-state index contributed by atoms with van der Waals surface area (Å²) >= 11 is 0. The fourth-order valence-electron chi connectivity index (χ4n) is 9.65. The molecule has 6 nitrogen and oxygen atoms in total. The molecular weight excluding hydrogens is 925 g/mol. The fraction of sp³-hybridized carbons (Fsp3) is 0.812. The SMILES string of the molecule is CC/C=C\C/C=C\C/C=C\C/C=C\C/C=C\CCCCCCCCCCCCCCCCCC(=O)OCC(COC(=O)CCCCCCC)OC(=O)CCCCCCCCCCCCCCCCCCCCCCC.